The number of nitrogens with one attached hydrogen (secondary N) is 1. The van der Waals surface area contributed by atoms with Crippen molar-refractivity contribution >= 4 is 23.5 Å². The van der Waals surface area contributed by atoms with Crippen LogP contribution in [0.25, 0.3) is 0 Å². The Morgan fingerprint density at radius 3 is 2.81 bits per heavy atom. The predicted molar refractivity (Wildman–Crippen MR) is 88.2 cm³/mol. The highest BCUT2D eigenvalue weighted by atomic mass is 19.1. The molecule has 0 unspecified atom stereocenters. The summed E-state index contributed by atoms with van der Waals surface area (Å²) in [5.74, 6) is -3.50. The van der Waals surface area contributed by atoms with Gasteiger partial charge in [0.05, 0.1) is 24.4 Å². The van der Waals surface area contributed by atoms with Crippen LogP contribution in [0.4, 0.5) is 14.5 Å². The van der Waals surface area contributed by atoms with Crippen LogP contribution in [0.3, 0.4) is 0 Å². The summed E-state index contributed by atoms with van der Waals surface area (Å²) in [6.07, 6.45) is 1.47. The molecule has 7 nitrogen and oxygen atoms in total. The molecule has 9 heteroatoms. The quantitative estimate of drug-likeness (QED) is 0.778. The van der Waals surface area contributed by atoms with Crippen LogP contribution in [-0.4, -0.2) is 35.8 Å². The van der Waals surface area contributed by atoms with Crippen molar-refractivity contribution in [2.24, 2.45) is 5.92 Å². The highest BCUT2D eigenvalue weighted by Gasteiger charge is 2.35. The second-order valence-electron chi connectivity index (χ2n) is 6.03. The number of furan rings is 1. The number of carbonyl (C=O) groups is 3. The first-order chi connectivity index (χ1) is 12.9. The molecule has 2 aromatic rings. The summed E-state index contributed by atoms with van der Waals surface area (Å²) >= 11 is 0. The zero-order chi connectivity index (χ0) is 19.4. The second-order valence-corrected chi connectivity index (χ2v) is 6.03. The third-order valence-corrected chi connectivity index (χ3v) is 4.03. The lowest BCUT2D eigenvalue weighted by molar-refractivity contribution is -0.151. The first-order valence-electron chi connectivity index (χ1n) is 8.14. The van der Waals surface area contributed by atoms with Crippen molar-refractivity contribution in [2.45, 2.75) is 13.0 Å². The number of likely N-dealkylation sites (tertiary alicyclic amines) is 1. The van der Waals surface area contributed by atoms with E-state index in [1.54, 1.807) is 12.1 Å². The van der Waals surface area contributed by atoms with Gasteiger partial charge in [-0.3, -0.25) is 14.4 Å². The van der Waals surface area contributed by atoms with E-state index in [1.807, 2.05) is 0 Å². The molecule has 1 aliphatic rings. The molecule has 27 heavy (non-hydrogen) atoms. The summed E-state index contributed by atoms with van der Waals surface area (Å²) in [5, 5.41) is 2.18. The molecular weight excluding hydrogens is 362 g/mol. The molecule has 1 aliphatic heterocycles. The highest BCUT2D eigenvalue weighted by molar-refractivity contribution is 5.93. The van der Waals surface area contributed by atoms with Crippen molar-refractivity contribution in [3.8, 4) is 0 Å². The molecule has 0 bridgehead atoms. The molecule has 1 N–H and O–H groups in total. The molecule has 1 aromatic carbocycles. The molecular formula is C18H16F2N2O5. The van der Waals surface area contributed by atoms with E-state index < -0.39 is 36.0 Å². The molecule has 142 valence electrons. The largest absolute Gasteiger partial charge is 0.467 e. The zero-order valence-corrected chi connectivity index (χ0v) is 14.1. The van der Waals surface area contributed by atoms with Gasteiger partial charge in [-0.1, -0.05) is 0 Å². The Morgan fingerprint density at radius 2 is 2.11 bits per heavy atom. The van der Waals surface area contributed by atoms with Crippen LogP contribution in [0.15, 0.2) is 41.0 Å². The fraction of sp³-hybridized carbons (Fsp3) is 0.278. The van der Waals surface area contributed by atoms with Gasteiger partial charge in [-0.15, -0.1) is 0 Å². The average molecular weight is 378 g/mol. The molecule has 1 aromatic heterocycles. The Balaban J connectivity index is 1.47. The summed E-state index contributed by atoms with van der Waals surface area (Å²) in [4.78, 5) is 37.3. The van der Waals surface area contributed by atoms with Gasteiger partial charge < -0.3 is 19.4 Å². The van der Waals surface area contributed by atoms with Gasteiger partial charge in [0.25, 0.3) is 5.91 Å². The van der Waals surface area contributed by atoms with E-state index in [9.17, 15) is 23.2 Å². The molecule has 3 rings (SSSR count). The fourth-order valence-electron chi connectivity index (χ4n) is 2.71. The monoisotopic (exact) mass is 378 g/mol. The Kier molecular flexibility index (Phi) is 5.49. The Hall–Kier alpha value is -3.23. The minimum atomic E-state index is -0.940. The van der Waals surface area contributed by atoms with E-state index >= 15 is 0 Å². The standard InChI is InChI=1S/C18H16F2N2O5/c19-12-3-4-15(14(20)7-12)21-16(23)10-27-18(25)11-6-17(24)22(8-11)9-13-2-1-5-26-13/h1-5,7,11H,6,8-10H2,(H,21,23)/t11-/m0/s1. The van der Waals surface area contributed by atoms with Crippen LogP contribution >= 0.6 is 0 Å². The van der Waals surface area contributed by atoms with Crippen LogP contribution in [-0.2, 0) is 25.7 Å². The van der Waals surface area contributed by atoms with Gasteiger partial charge in [-0.25, -0.2) is 8.78 Å². The van der Waals surface area contributed by atoms with Crippen molar-refractivity contribution in [2.75, 3.05) is 18.5 Å². The first-order valence-corrected chi connectivity index (χ1v) is 8.14. The summed E-state index contributed by atoms with van der Waals surface area (Å²) in [6.45, 7) is -0.231. The summed E-state index contributed by atoms with van der Waals surface area (Å²) in [6, 6.07) is 6.09. The Morgan fingerprint density at radius 1 is 1.30 bits per heavy atom. The fourth-order valence-corrected chi connectivity index (χ4v) is 2.71. The third kappa shape index (κ3) is 4.69. The van der Waals surface area contributed by atoms with Crippen molar-refractivity contribution in [1.29, 1.82) is 0 Å². The maximum Gasteiger partial charge on any atom is 0.311 e. The van der Waals surface area contributed by atoms with Crippen molar-refractivity contribution in [3.05, 3.63) is 54.0 Å². The minimum Gasteiger partial charge on any atom is -0.467 e. The number of anilines is 1. The maximum absolute atomic E-state index is 13.5. The van der Waals surface area contributed by atoms with Gasteiger partial charge in [0.1, 0.15) is 17.4 Å². The molecule has 1 fully saturated rings. The maximum atomic E-state index is 13.5. The van der Waals surface area contributed by atoms with Crippen LogP contribution in [0.2, 0.25) is 0 Å². The SMILES string of the molecule is O=C(COC(=O)[C@H]1CC(=O)N(Cc2ccco2)C1)Nc1ccc(F)cc1F. The lowest BCUT2D eigenvalue weighted by atomic mass is 10.1. The zero-order valence-electron chi connectivity index (χ0n) is 14.1. The van der Waals surface area contributed by atoms with E-state index in [1.165, 1.54) is 11.2 Å². The molecule has 0 saturated carbocycles. The summed E-state index contributed by atoms with van der Waals surface area (Å²) in [7, 11) is 0. The lowest BCUT2D eigenvalue weighted by Gasteiger charge is -2.14. The molecule has 2 amide bonds. The van der Waals surface area contributed by atoms with E-state index in [4.69, 9.17) is 9.15 Å². The van der Waals surface area contributed by atoms with Gasteiger partial charge in [-0.2, -0.15) is 0 Å². The van der Waals surface area contributed by atoms with Crippen molar-refractivity contribution in [1.82, 2.24) is 4.90 Å². The smallest absolute Gasteiger partial charge is 0.311 e. The number of carbonyl (C=O) groups excluding carboxylic acids is 3. The number of hydrogen-bond acceptors (Lipinski definition) is 5. The van der Waals surface area contributed by atoms with Crippen LogP contribution < -0.4 is 5.32 Å². The molecule has 0 radical (unpaired) electrons. The molecule has 0 aliphatic carbocycles. The topological polar surface area (TPSA) is 88.9 Å². The molecule has 1 saturated heterocycles. The van der Waals surface area contributed by atoms with E-state index in [2.05, 4.69) is 5.32 Å². The second kappa shape index (κ2) is 7.98. The average Bonchev–Trinajstić information content (AvgIpc) is 3.26. The summed E-state index contributed by atoms with van der Waals surface area (Å²) < 4.78 is 36.4. The third-order valence-electron chi connectivity index (χ3n) is 4.03. The molecule has 0 spiro atoms. The van der Waals surface area contributed by atoms with Gasteiger partial charge >= 0.3 is 5.97 Å². The van der Waals surface area contributed by atoms with Gasteiger partial charge in [-0.05, 0) is 24.3 Å². The minimum absolute atomic E-state index is 0.0201. The number of ether oxygens (including phenoxy) is 1. The first kappa shape index (κ1) is 18.6. The normalized spacial score (nSPS) is 16.4. The van der Waals surface area contributed by atoms with Crippen molar-refractivity contribution < 1.29 is 32.3 Å². The number of nitrogens with zero attached hydrogens (tertiary/aromatic N) is 1. The number of amides is 2. The van der Waals surface area contributed by atoms with Gasteiger partial charge in [0.15, 0.2) is 6.61 Å². The number of benzene rings is 1. The number of rotatable bonds is 6. The predicted octanol–water partition coefficient (Wildman–Crippen LogP) is 2.09. The van der Waals surface area contributed by atoms with E-state index in [0.717, 1.165) is 12.1 Å². The number of halogens is 2. The number of esters is 1. The Labute approximate surface area is 152 Å². The summed E-state index contributed by atoms with van der Waals surface area (Å²) in [5.41, 5.74) is -0.224. The molecule has 1 atom stereocenters. The van der Waals surface area contributed by atoms with Gasteiger partial charge in [0.2, 0.25) is 5.91 Å². The van der Waals surface area contributed by atoms with Crippen LogP contribution in [0.5, 0.6) is 0 Å². The van der Waals surface area contributed by atoms with Gasteiger partial charge in [0, 0.05) is 19.0 Å². The lowest BCUT2D eigenvalue weighted by Crippen LogP contribution is -2.28. The van der Waals surface area contributed by atoms with Crippen molar-refractivity contribution in [3.63, 3.8) is 0 Å². The Bertz CT molecular complexity index is 853. The molecule has 2 heterocycles. The van der Waals surface area contributed by atoms with E-state index in [-0.39, 0.29) is 31.1 Å². The van der Waals surface area contributed by atoms with E-state index in [0.29, 0.717) is 11.8 Å². The van der Waals surface area contributed by atoms with Crippen LogP contribution in [0.1, 0.15) is 12.2 Å². The highest BCUT2D eigenvalue weighted by Crippen LogP contribution is 2.21. The number of hydrogen-bond donors (Lipinski definition) is 1. The van der Waals surface area contributed by atoms with Crippen LogP contribution in [0, 0.1) is 17.6 Å².